The Kier molecular flexibility index (Phi) is 19.5. The predicted molar refractivity (Wildman–Crippen MR) is 240 cm³/mol. The second-order valence-corrected chi connectivity index (χ2v) is 17.5. The minimum atomic E-state index is -3.09. The Morgan fingerprint density at radius 2 is 0.519 bits per heavy atom. The van der Waals surface area contributed by atoms with Gasteiger partial charge in [0.1, 0.15) is 100 Å². The molecular formula is C45H36F12N12O8. The van der Waals surface area contributed by atoms with E-state index >= 15 is 52.7 Å². The Bertz CT molecular complexity index is 2900. The van der Waals surface area contributed by atoms with Gasteiger partial charge in [-0.3, -0.25) is 0 Å². The SMILES string of the molecule is CC(C)c1c(F)c(N=[N+]=[N-])c(F)c(F)c1C(=O)OCC(COC(=O)c1c(F)c(F)c(N=[N+]=[N-])c(F)c1C(C)C)(COC(=O)c1c(F)c(F)c(N=[N+]=[N-])c(F)c1C(C)C)COC(=O)c1c(F)c(F)c(N=[N+]=[N-])c(F)c1C(C)C. The Labute approximate surface area is 424 Å². The summed E-state index contributed by atoms with van der Waals surface area (Å²) in [4.78, 5) is 64.5. The average Bonchev–Trinajstić information content (AvgIpc) is 3.36. The molecule has 0 aliphatic carbocycles. The Morgan fingerprint density at radius 3 is 0.662 bits per heavy atom. The first-order chi connectivity index (χ1) is 36.0. The number of rotatable bonds is 20. The van der Waals surface area contributed by atoms with E-state index in [1.54, 1.807) is 0 Å². The van der Waals surface area contributed by atoms with E-state index < -0.39 is 216 Å². The first-order valence-electron chi connectivity index (χ1n) is 21.7. The molecule has 0 amide bonds. The monoisotopic (exact) mass is 1100 g/mol. The predicted octanol–water partition coefficient (Wildman–Crippen LogP) is 15.3. The van der Waals surface area contributed by atoms with E-state index in [-0.39, 0.29) is 0 Å². The summed E-state index contributed by atoms with van der Waals surface area (Å²) in [5, 5.41) is 11.0. The van der Waals surface area contributed by atoms with Crippen LogP contribution in [0.15, 0.2) is 20.5 Å². The van der Waals surface area contributed by atoms with Gasteiger partial charge in [-0.2, -0.15) is 0 Å². The fourth-order valence-electron chi connectivity index (χ4n) is 7.57. The van der Waals surface area contributed by atoms with Crippen LogP contribution in [0.3, 0.4) is 0 Å². The first-order valence-corrected chi connectivity index (χ1v) is 21.7. The van der Waals surface area contributed by atoms with Gasteiger partial charge in [-0.25, -0.2) is 71.9 Å². The van der Waals surface area contributed by atoms with Crippen molar-refractivity contribution in [2.24, 2.45) is 25.9 Å². The molecule has 0 radical (unpaired) electrons. The average molecular weight is 1100 g/mol. The highest BCUT2D eigenvalue weighted by Gasteiger charge is 2.43. The lowest BCUT2D eigenvalue weighted by molar-refractivity contribution is -0.0647. The van der Waals surface area contributed by atoms with Crippen LogP contribution in [0.4, 0.5) is 75.4 Å². The Hall–Kier alpha value is -8.84. The van der Waals surface area contributed by atoms with Crippen molar-refractivity contribution in [3.8, 4) is 0 Å². The summed E-state index contributed by atoms with van der Waals surface area (Å²) in [7, 11) is 0. The highest BCUT2D eigenvalue weighted by Crippen LogP contribution is 2.41. The van der Waals surface area contributed by atoms with Gasteiger partial charge >= 0.3 is 23.9 Å². The van der Waals surface area contributed by atoms with Crippen molar-refractivity contribution in [1.29, 1.82) is 0 Å². The summed E-state index contributed by atoms with van der Waals surface area (Å²) in [5.41, 5.74) is 15.4. The molecule has 0 bridgehead atoms. The summed E-state index contributed by atoms with van der Waals surface area (Å²) in [5.74, 6) is -39.3. The third kappa shape index (κ3) is 11.8. The van der Waals surface area contributed by atoms with Crippen LogP contribution in [-0.2, 0) is 18.9 Å². The van der Waals surface area contributed by atoms with E-state index in [0.717, 1.165) is 55.4 Å². The quantitative estimate of drug-likeness (QED) is 0.0155. The van der Waals surface area contributed by atoms with Gasteiger partial charge in [0.05, 0.1) is 0 Å². The van der Waals surface area contributed by atoms with Crippen molar-refractivity contribution >= 4 is 46.6 Å². The fraction of sp³-hybridized carbons (Fsp3) is 0.378. The summed E-state index contributed by atoms with van der Waals surface area (Å²) in [6, 6.07) is 0. The molecule has 4 aromatic rings. The van der Waals surface area contributed by atoms with Gasteiger partial charge in [0.2, 0.25) is 0 Å². The molecule has 77 heavy (non-hydrogen) atoms. The molecule has 408 valence electrons. The molecule has 0 saturated heterocycles. The number of benzene rings is 4. The number of ether oxygens (including phenoxy) is 4. The third-order valence-corrected chi connectivity index (χ3v) is 11.1. The van der Waals surface area contributed by atoms with Crippen LogP contribution in [0.1, 0.15) is 143 Å². The molecular weight excluding hydrogens is 1060 g/mol. The molecule has 0 heterocycles. The summed E-state index contributed by atoms with van der Waals surface area (Å²) in [6.07, 6.45) is 0. The van der Waals surface area contributed by atoms with Gasteiger partial charge in [0, 0.05) is 41.9 Å². The molecule has 0 aromatic heterocycles. The smallest absolute Gasteiger partial charge is 0.341 e. The van der Waals surface area contributed by atoms with Crippen molar-refractivity contribution in [1.82, 2.24) is 0 Å². The lowest BCUT2D eigenvalue weighted by Gasteiger charge is -2.32. The van der Waals surface area contributed by atoms with E-state index in [2.05, 4.69) is 40.1 Å². The van der Waals surface area contributed by atoms with Crippen LogP contribution < -0.4 is 0 Å². The number of nitrogens with zero attached hydrogens (tertiary/aromatic N) is 12. The van der Waals surface area contributed by atoms with Crippen LogP contribution in [0.2, 0.25) is 0 Å². The zero-order chi connectivity index (χ0) is 58.3. The van der Waals surface area contributed by atoms with E-state index in [1.165, 1.54) is 0 Å². The summed E-state index contributed by atoms with van der Waals surface area (Å²) < 4.78 is 208. The van der Waals surface area contributed by atoms with E-state index in [0.29, 0.717) is 0 Å². The van der Waals surface area contributed by atoms with Crippen molar-refractivity contribution < 1.29 is 90.8 Å². The highest BCUT2D eigenvalue weighted by molar-refractivity contribution is 5.95. The molecule has 32 heteroatoms. The maximum atomic E-state index is 15.8. The van der Waals surface area contributed by atoms with Crippen molar-refractivity contribution in [2.75, 3.05) is 26.4 Å². The largest absolute Gasteiger partial charge is 0.461 e. The molecule has 0 saturated carbocycles. The topological polar surface area (TPSA) is 300 Å². The van der Waals surface area contributed by atoms with Gasteiger partial charge < -0.3 is 18.9 Å². The second-order valence-electron chi connectivity index (χ2n) is 17.5. The number of hydrogen-bond donors (Lipinski definition) is 0. The zero-order valence-corrected chi connectivity index (χ0v) is 40.8. The van der Waals surface area contributed by atoms with Gasteiger partial charge in [-0.05, 0) is 45.8 Å². The van der Waals surface area contributed by atoms with Crippen LogP contribution in [-0.4, -0.2) is 50.3 Å². The van der Waals surface area contributed by atoms with E-state index in [1.807, 2.05) is 0 Å². The lowest BCUT2D eigenvalue weighted by atomic mass is 9.90. The minimum absolute atomic E-state index is 1.05. The van der Waals surface area contributed by atoms with Crippen LogP contribution in [0, 0.1) is 75.2 Å². The van der Waals surface area contributed by atoms with Crippen LogP contribution >= 0.6 is 0 Å². The molecule has 0 unspecified atom stereocenters. The summed E-state index contributed by atoms with van der Waals surface area (Å²) >= 11 is 0. The normalized spacial score (nSPS) is 11.8. The fourth-order valence-corrected chi connectivity index (χ4v) is 7.57. The van der Waals surface area contributed by atoms with Crippen molar-refractivity contribution in [3.05, 3.63) is 156 Å². The maximum Gasteiger partial charge on any atom is 0.341 e. The number of halogens is 12. The molecule has 4 rings (SSSR count). The molecule has 0 fully saturated rings. The molecule has 4 aromatic carbocycles. The highest BCUT2D eigenvalue weighted by atomic mass is 19.2. The number of carbonyl (C=O) groups is 4. The Balaban J connectivity index is 2.09. The standard InChI is InChI=1S/C45H36F12N12O8/c1-13(2)17-21(25(46)33(54)37(29(17)50)62-66-58)41(70)74-9-45(10-75-42(71)22-18(14(3)4)30(51)38(63-67-59)34(55)26(22)47,11-76-43(72)23-19(15(5)6)31(52)39(64-68-60)35(56)27(23)48)12-77-44(73)24-20(16(7)8)32(53)40(65-69-61)36(57)28(24)49/h13-16H,9-12H2,1-8H3. The van der Waals surface area contributed by atoms with Gasteiger partial charge in [-0.15, -0.1) is 0 Å². The number of azide groups is 4. The molecule has 0 aliphatic heterocycles. The van der Waals surface area contributed by atoms with Crippen LogP contribution in [0.25, 0.3) is 41.8 Å². The molecule has 20 nitrogen and oxygen atoms in total. The minimum Gasteiger partial charge on any atom is -0.461 e. The maximum absolute atomic E-state index is 15.8. The second kappa shape index (κ2) is 24.7. The van der Waals surface area contributed by atoms with Gasteiger partial charge in [0.25, 0.3) is 0 Å². The van der Waals surface area contributed by atoms with Crippen molar-refractivity contribution in [2.45, 2.75) is 79.1 Å². The van der Waals surface area contributed by atoms with E-state index in [9.17, 15) is 19.2 Å². The number of hydrogen-bond acceptors (Lipinski definition) is 12. The zero-order valence-electron chi connectivity index (χ0n) is 40.8. The molecule has 0 spiro atoms. The summed E-state index contributed by atoms with van der Waals surface area (Å²) in [6.45, 7) is 1.71. The molecule has 0 atom stereocenters. The lowest BCUT2D eigenvalue weighted by Crippen LogP contribution is -2.44. The number of carbonyl (C=O) groups excluding carboxylic acids is 4. The molecule has 0 aliphatic rings. The molecule has 0 N–H and O–H groups in total. The van der Waals surface area contributed by atoms with E-state index in [4.69, 9.17) is 41.1 Å². The van der Waals surface area contributed by atoms with Gasteiger partial charge in [-0.1, -0.05) is 75.8 Å². The van der Waals surface area contributed by atoms with Crippen LogP contribution in [0.5, 0.6) is 0 Å². The first kappa shape index (κ1) is 60.7. The third-order valence-electron chi connectivity index (χ3n) is 11.1. The number of esters is 4. The van der Waals surface area contributed by atoms with Crippen molar-refractivity contribution in [3.63, 3.8) is 0 Å². The Morgan fingerprint density at radius 1 is 0.351 bits per heavy atom. The van der Waals surface area contributed by atoms with Gasteiger partial charge in [0.15, 0.2) is 46.5 Å².